The second-order valence-corrected chi connectivity index (χ2v) is 3.10. The fourth-order valence-corrected chi connectivity index (χ4v) is 1.51. The van der Waals surface area contributed by atoms with Crippen LogP contribution in [0.5, 0.6) is 0 Å². The zero-order chi connectivity index (χ0) is 8.81. The van der Waals surface area contributed by atoms with E-state index in [1.54, 1.807) is 0 Å². The minimum absolute atomic E-state index is 0.221. The Hall–Kier alpha value is -0.520. The highest BCUT2D eigenvalue weighted by Crippen LogP contribution is 2.08. The largest absolute Gasteiger partial charge is 0.379 e. The summed E-state index contributed by atoms with van der Waals surface area (Å²) in [6, 6.07) is 0.221. The van der Waals surface area contributed by atoms with Gasteiger partial charge in [0.25, 0.3) is 0 Å². The van der Waals surface area contributed by atoms with Crippen molar-refractivity contribution in [1.82, 2.24) is 4.90 Å². The quantitative estimate of drug-likeness (QED) is 0.582. The molecule has 1 aliphatic rings. The average molecular weight is 166 g/mol. The van der Waals surface area contributed by atoms with E-state index in [2.05, 4.69) is 17.7 Å². The molecule has 1 atom stereocenters. The monoisotopic (exact) mass is 166 g/mol. The maximum Gasteiger partial charge on any atom is 0.0726 e. The van der Waals surface area contributed by atoms with E-state index in [1.807, 2.05) is 0 Å². The number of hydrogen-bond donors (Lipinski definition) is 0. The van der Waals surface area contributed by atoms with Crippen LogP contribution in [0.2, 0.25) is 0 Å². The first kappa shape index (κ1) is 9.57. The van der Waals surface area contributed by atoms with Gasteiger partial charge >= 0.3 is 0 Å². The zero-order valence-electron chi connectivity index (χ0n) is 7.68. The standard InChI is InChI=1S/C10H16NO/c1-3-5-10(4-2)11-6-8-12-9-7-11/h10H,3,5-9H2,1H3. The lowest BCUT2D eigenvalue weighted by Gasteiger charge is -2.31. The minimum Gasteiger partial charge on any atom is -0.379 e. The van der Waals surface area contributed by atoms with Gasteiger partial charge in [0.15, 0.2) is 0 Å². The molecule has 0 saturated carbocycles. The smallest absolute Gasteiger partial charge is 0.0726 e. The first-order valence-electron chi connectivity index (χ1n) is 4.62. The minimum atomic E-state index is 0.221. The van der Waals surface area contributed by atoms with Crippen molar-refractivity contribution in [2.24, 2.45) is 0 Å². The van der Waals surface area contributed by atoms with Crippen molar-refractivity contribution in [2.45, 2.75) is 25.8 Å². The Morgan fingerprint density at radius 1 is 1.50 bits per heavy atom. The molecule has 0 aliphatic carbocycles. The Morgan fingerprint density at radius 2 is 2.17 bits per heavy atom. The Balaban J connectivity index is 2.36. The van der Waals surface area contributed by atoms with E-state index in [1.165, 1.54) is 0 Å². The van der Waals surface area contributed by atoms with Crippen LogP contribution in [-0.4, -0.2) is 37.2 Å². The number of rotatable bonds is 3. The van der Waals surface area contributed by atoms with E-state index in [9.17, 15) is 0 Å². The Kier molecular flexibility index (Phi) is 4.13. The van der Waals surface area contributed by atoms with Crippen molar-refractivity contribution < 1.29 is 4.74 Å². The highest BCUT2D eigenvalue weighted by molar-refractivity contribution is 4.95. The predicted molar refractivity (Wildman–Crippen MR) is 48.2 cm³/mol. The van der Waals surface area contributed by atoms with Crippen LogP contribution in [0.25, 0.3) is 0 Å². The van der Waals surface area contributed by atoms with Gasteiger partial charge < -0.3 is 4.74 Å². The third-order valence-electron chi connectivity index (χ3n) is 2.22. The van der Waals surface area contributed by atoms with E-state index < -0.39 is 0 Å². The number of morpholine rings is 1. The molecule has 2 nitrogen and oxygen atoms in total. The molecule has 1 radical (unpaired) electrons. The zero-order valence-corrected chi connectivity index (χ0v) is 7.68. The van der Waals surface area contributed by atoms with E-state index >= 15 is 0 Å². The molecule has 1 unspecified atom stereocenters. The molecule has 0 amide bonds. The van der Waals surface area contributed by atoms with Crippen molar-refractivity contribution >= 4 is 0 Å². The lowest BCUT2D eigenvalue weighted by Crippen LogP contribution is -2.42. The van der Waals surface area contributed by atoms with Crippen molar-refractivity contribution in [1.29, 1.82) is 0 Å². The van der Waals surface area contributed by atoms with Crippen LogP contribution in [0.4, 0.5) is 0 Å². The molecule has 0 spiro atoms. The molecular formula is C10H16NO. The van der Waals surface area contributed by atoms with Crippen LogP contribution in [0, 0.1) is 12.3 Å². The lowest BCUT2D eigenvalue weighted by atomic mass is 10.1. The van der Waals surface area contributed by atoms with E-state index in [0.29, 0.717) is 0 Å². The maximum atomic E-state index is 7.17. The van der Waals surface area contributed by atoms with Gasteiger partial charge in [-0.15, -0.1) is 0 Å². The van der Waals surface area contributed by atoms with Gasteiger partial charge in [-0.05, 0) is 12.8 Å². The fourth-order valence-electron chi connectivity index (χ4n) is 1.51. The predicted octanol–water partition coefficient (Wildman–Crippen LogP) is 1.08. The van der Waals surface area contributed by atoms with Crippen LogP contribution >= 0.6 is 0 Å². The molecular weight excluding hydrogens is 150 g/mol. The van der Waals surface area contributed by atoms with Crippen LogP contribution < -0.4 is 0 Å². The molecule has 67 valence electrons. The molecule has 1 aliphatic heterocycles. The molecule has 0 bridgehead atoms. The van der Waals surface area contributed by atoms with Gasteiger partial charge in [0.05, 0.1) is 19.3 Å². The third-order valence-corrected chi connectivity index (χ3v) is 2.22. The molecule has 1 rings (SSSR count). The summed E-state index contributed by atoms with van der Waals surface area (Å²) in [5.41, 5.74) is 0. The summed E-state index contributed by atoms with van der Waals surface area (Å²) in [4.78, 5) is 2.28. The van der Waals surface area contributed by atoms with Crippen molar-refractivity contribution in [3.05, 3.63) is 6.42 Å². The number of nitrogens with zero attached hydrogens (tertiary/aromatic N) is 1. The fraction of sp³-hybridized carbons (Fsp3) is 0.800. The van der Waals surface area contributed by atoms with Crippen LogP contribution in [0.1, 0.15) is 19.8 Å². The van der Waals surface area contributed by atoms with Crippen LogP contribution in [0.15, 0.2) is 0 Å². The summed E-state index contributed by atoms with van der Waals surface area (Å²) >= 11 is 0. The van der Waals surface area contributed by atoms with Gasteiger partial charge in [0.1, 0.15) is 0 Å². The molecule has 1 fully saturated rings. The second kappa shape index (κ2) is 5.18. The molecule has 2 heteroatoms. The summed E-state index contributed by atoms with van der Waals surface area (Å²) in [5.74, 6) is 2.59. The Labute approximate surface area is 74.9 Å². The van der Waals surface area contributed by atoms with Crippen LogP contribution in [0.3, 0.4) is 0 Å². The number of ether oxygens (including phenoxy) is 1. The van der Waals surface area contributed by atoms with Gasteiger partial charge in [-0.2, -0.15) is 0 Å². The molecule has 0 aromatic carbocycles. The Morgan fingerprint density at radius 3 is 2.67 bits per heavy atom. The van der Waals surface area contributed by atoms with Gasteiger partial charge in [-0.3, -0.25) is 4.90 Å². The average Bonchev–Trinajstić information content (AvgIpc) is 2.15. The Bertz CT molecular complexity index is 156. The first-order valence-corrected chi connectivity index (χ1v) is 4.62. The molecule has 0 N–H and O–H groups in total. The van der Waals surface area contributed by atoms with Gasteiger partial charge in [-0.1, -0.05) is 19.3 Å². The molecule has 1 saturated heterocycles. The summed E-state index contributed by atoms with van der Waals surface area (Å²) in [6.07, 6.45) is 9.33. The van der Waals surface area contributed by atoms with E-state index in [-0.39, 0.29) is 6.04 Å². The molecule has 1 heterocycles. The SMILES string of the molecule is [C]#CC(CCC)N1CCOCC1. The second-order valence-electron chi connectivity index (χ2n) is 3.10. The first-order chi connectivity index (χ1) is 5.88. The molecule has 0 aromatic rings. The van der Waals surface area contributed by atoms with Crippen molar-refractivity contribution in [2.75, 3.05) is 26.3 Å². The molecule has 12 heavy (non-hydrogen) atoms. The van der Waals surface area contributed by atoms with E-state index in [0.717, 1.165) is 39.1 Å². The van der Waals surface area contributed by atoms with Gasteiger partial charge in [0, 0.05) is 13.1 Å². The molecule has 0 aromatic heterocycles. The van der Waals surface area contributed by atoms with E-state index in [4.69, 9.17) is 11.2 Å². The van der Waals surface area contributed by atoms with Crippen molar-refractivity contribution in [3.8, 4) is 5.92 Å². The van der Waals surface area contributed by atoms with Crippen molar-refractivity contribution in [3.63, 3.8) is 0 Å². The van der Waals surface area contributed by atoms with Crippen LogP contribution in [-0.2, 0) is 4.74 Å². The highest BCUT2D eigenvalue weighted by Gasteiger charge is 2.17. The summed E-state index contributed by atoms with van der Waals surface area (Å²) in [6.45, 7) is 5.67. The summed E-state index contributed by atoms with van der Waals surface area (Å²) < 4.78 is 5.24. The lowest BCUT2D eigenvalue weighted by molar-refractivity contribution is 0.0258. The maximum absolute atomic E-state index is 7.17. The summed E-state index contributed by atoms with van der Waals surface area (Å²) in [7, 11) is 0. The number of hydrogen-bond acceptors (Lipinski definition) is 2. The van der Waals surface area contributed by atoms with Gasteiger partial charge in [0.2, 0.25) is 0 Å². The summed E-state index contributed by atoms with van der Waals surface area (Å²) in [5, 5.41) is 0. The third kappa shape index (κ3) is 2.51. The topological polar surface area (TPSA) is 12.5 Å². The van der Waals surface area contributed by atoms with Gasteiger partial charge in [-0.25, -0.2) is 0 Å². The highest BCUT2D eigenvalue weighted by atomic mass is 16.5. The normalized spacial score (nSPS) is 21.7.